The Morgan fingerprint density at radius 1 is 1.06 bits per heavy atom. The Morgan fingerprint density at radius 2 is 1.88 bits per heavy atom. The molecule has 1 fully saturated rings. The normalized spacial score (nSPS) is 18.6. The van der Waals surface area contributed by atoms with Gasteiger partial charge < -0.3 is 10.2 Å². The third-order valence-electron chi connectivity index (χ3n) is 5.83. The van der Waals surface area contributed by atoms with Gasteiger partial charge in [0.2, 0.25) is 0 Å². The third kappa shape index (κ3) is 3.78. The number of carbonyl (C=O) groups is 1. The number of halogens is 1. The lowest BCUT2D eigenvalue weighted by atomic mass is 9.97. The molecule has 1 aliphatic heterocycles. The van der Waals surface area contributed by atoms with E-state index in [1.165, 1.54) is 0 Å². The number of benzene rings is 1. The average Bonchev–Trinajstić information content (AvgIpc) is 3.22. The Hall–Kier alpha value is -3.52. The van der Waals surface area contributed by atoms with E-state index in [0.717, 1.165) is 18.4 Å². The van der Waals surface area contributed by atoms with E-state index in [-0.39, 0.29) is 18.0 Å². The lowest BCUT2D eigenvalue weighted by Crippen LogP contribution is -2.49. The summed E-state index contributed by atoms with van der Waals surface area (Å²) in [6.07, 6.45) is 10.2. The number of nitrogens with zero attached hydrogens (tertiary/aromatic N) is 6. The van der Waals surface area contributed by atoms with E-state index in [1.54, 1.807) is 41.5 Å². The first-order valence-corrected chi connectivity index (χ1v) is 10.9. The lowest BCUT2D eigenvalue weighted by molar-refractivity contribution is 0.0622. The summed E-state index contributed by atoms with van der Waals surface area (Å²) in [5.74, 6) is 1.18. The van der Waals surface area contributed by atoms with Crippen LogP contribution in [0, 0.1) is 0 Å². The minimum absolute atomic E-state index is 0.0259. The summed E-state index contributed by atoms with van der Waals surface area (Å²) < 4.78 is 1.78. The van der Waals surface area contributed by atoms with Crippen LogP contribution in [0.5, 0.6) is 0 Å². The number of nitrogens with one attached hydrogen (secondary N) is 1. The number of hydrogen-bond acceptors (Lipinski definition) is 6. The molecule has 0 aliphatic carbocycles. The third-order valence-corrected chi connectivity index (χ3v) is 6.11. The molecule has 1 aromatic carbocycles. The molecule has 4 aromatic rings. The molecule has 1 N–H and O–H groups in total. The fourth-order valence-corrected chi connectivity index (χ4v) is 4.33. The minimum Gasteiger partial charge on any atom is -0.362 e. The summed E-state index contributed by atoms with van der Waals surface area (Å²) in [7, 11) is 0. The van der Waals surface area contributed by atoms with Crippen LogP contribution in [0.3, 0.4) is 0 Å². The molecule has 32 heavy (non-hydrogen) atoms. The number of imidazole rings is 1. The van der Waals surface area contributed by atoms with Crippen molar-refractivity contribution in [3.05, 3.63) is 72.0 Å². The molecule has 1 saturated heterocycles. The first kappa shape index (κ1) is 20.4. The van der Waals surface area contributed by atoms with Gasteiger partial charge in [0.15, 0.2) is 17.3 Å². The van der Waals surface area contributed by atoms with Crippen LogP contribution in [0.25, 0.3) is 17.0 Å². The molecule has 0 unspecified atom stereocenters. The molecule has 4 heterocycles. The zero-order chi connectivity index (χ0) is 22.1. The van der Waals surface area contributed by atoms with Crippen molar-refractivity contribution in [1.82, 2.24) is 29.2 Å². The maximum atomic E-state index is 13.6. The van der Waals surface area contributed by atoms with Crippen molar-refractivity contribution >= 4 is 29.0 Å². The van der Waals surface area contributed by atoms with Gasteiger partial charge in [-0.15, -0.1) is 0 Å². The van der Waals surface area contributed by atoms with Crippen molar-refractivity contribution < 1.29 is 4.79 Å². The number of likely N-dealkylation sites (tertiary alicyclic amines) is 1. The van der Waals surface area contributed by atoms with Crippen LogP contribution in [0.15, 0.2) is 61.3 Å². The van der Waals surface area contributed by atoms with Gasteiger partial charge in [0.1, 0.15) is 5.15 Å². The van der Waals surface area contributed by atoms with E-state index < -0.39 is 0 Å². The summed E-state index contributed by atoms with van der Waals surface area (Å²) in [4.78, 5) is 33.0. The van der Waals surface area contributed by atoms with Gasteiger partial charge in [-0.3, -0.25) is 9.20 Å². The summed E-state index contributed by atoms with van der Waals surface area (Å²) >= 11 is 6.19. The minimum atomic E-state index is -0.0259. The fraction of sp³-hybridized carbons (Fsp3) is 0.261. The Balaban J connectivity index is 1.40. The van der Waals surface area contributed by atoms with Crippen molar-refractivity contribution in [3.63, 3.8) is 0 Å². The van der Waals surface area contributed by atoms with Gasteiger partial charge in [-0.05, 0) is 31.9 Å². The molecule has 8 nitrogen and oxygen atoms in total. The van der Waals surface area contributed by atoms with Crippen molar-refractivity contribution in [2.75, 3.05) is 11.9 Å². The largest absolute Gasteiger partial charge is 0.362 e. The predicted octanol–water partition coefficient (Wildman–Crippen LogP) is 3.94. The van der Waals surface area contributed by atoms with Gasteiger partial charge >= 0.3 is 0 Å². The van der Waals surface area contributed by atoms with Crippen LogP contribution in [0.4, 0.5) is 5.82 Å². The second-order valence-electron chi connectivity index (χ2n) is 7.89. The van der Waals surface area contributed by atoms with Crippen molar-refractivity contribution in [1.29, 1.82) is 0 Å². The van der Waals surface area contributed by atoms with Crippen LogP contribution < -0.4 is 5.32 Å². The molecule has 0 bridgehead atoms. The Bertz CT molecular complexity index is 1260. The molecule has 9 heteroatoms. The van der Waals surface area contributed by atoms with Gasteiger partial charge in [0, 0.05) is 49.0 Å². The average molecular weight is 448 g/mol. The van der Waals surface area contributed by atoms with Crippen LogP contribution in [-0.4, -0.2) is 53.8 Å². The maximum Gasteiger partial charge on any atom is 0.254 e. The van der Waals surface area contributed by atoms with Crippen molar-refractivity contribution in [2.24, 2.45) is 0 Å². The van der Waals surface area contributed by atoms with E-state index in [4.69, 9.17) is 11.6 Å². The van der Waals surface area contributed by atoms with Gasteiger partial charge in [-0.1, -0.05) is 29.8 Å². The number of hydrogen-bond donors (Lipinski definition) is 1. The van der Waals surface area contributed by atoms with Crippen LogP contribution in [-0.2, 0) is 0 Å². The highest BCUT2D eigenvalue weighted by Crippen LogP contribution is 2.27. The standard InChI is InChI=1S/C23H22ClN7O/c1-15-7-8-16(29-21-22-28-13-19(24)30(22)12-11-27-21)14-31(15)23(32)18-6-3-2-5-17(18)20-25-9-4-10-26-20/h2-6,9-13,15-16H,7-8,14H2,1H3,(H,27,29)/t15-,16-/m1/s1. The Morgan fingerprint density at radius 3 is 2.72 bits per heavy atom. The van der Waals surface area contributed by atoms with Crippen LogP contribution in [0.1, 0.15) is 30.1 Å². The highest BCUT2D eigenvalue weighted by Gasteiger charge is 2.31. The molecule has 2 atom stereocenters. The predicted molar refractivity (Wildman–Crippen MR) is 123 cm³/mol. The first-order valence-electron chi connectivity index (χ1n) is 10.5. The van der Waals surface area contributed by atoms with E-state index in [0.29, 0.717) is 34.6 Å². The van der Waals surface area contributed by atoms with E-state index in [2.05, 4.69) is 32.2 Å². The summed E-state index contributed by atoms with van der Waals surface area (Å²) in [5, 5.41) is 4.00. The number of carbonyl (C=O) groups excluding carboxylic acids is 1. The second kappa shape index (κ2) is 8.55. The molecular formula is C23H22ClN7O. The Kier molecular flexibility index (Phi) is 5.45. The molecule has 1 amide bonds. The molecule has 3 aromatic heterocycles. The number of amides is 1. The number of anilines is 1. The molecule has 5 rings (SSSR count). The zero-order valence-corrected chi connectivity index (χ0v) is 18.3. The summed E-state index contributed by atoms with van der Waals surface area (Å²) in [6.45, 7) is 2.64. The highest BCUT2D eigenvalue weighted by atomic mass is 35.5. The Labute approximate surface area is 190 Å². The highest BCUT2D eigenvalue weighted by molar-refractivity contribution is 6.29. The lowest BCUT2D eigenvalue weighted by Gasteiger charge is -2.38. The quantitative estimate of drug-likeness (QED) is 0.509. The smallest absolute Gasteiger partial charge is 0.254 e. The van der Waals surface area contributed by atoms with E-state index in [1.807, 2.05) is 29.2 Å². The van der Waals surface area contributed by atoms with Crippen molar-refractivity contribution in [2.45, 2.75) is 31.8 Å². The SMILES string of the molecule is C[C@@H]1CC[C@@H](Nc2nccn3c(Cl)cnc23)CN1C(=O)c1ccccc1-c1ncccn1. The fourth-order valence-electron chi connectivity index (χ4n) is 4.15. The second-order valence-corrected chi connectivity index (χ2v) is 8.28. The van der Waals surface area contributed by atoms with Crippen LogP contribution >= 0.6 is 11.6 Å². The monoisotopic (exact) mass is 447 g/mol. The van der Waals surface area contributed by atoms with Crippen LogP contribution in [0.2, 0.25) is 5.15 Å². The topological polar surface area (TPSA) is 88.3 Å². The van der Waals surface area contributed by atoms with Gasteiger partial charge in [0.05, 0.1) is 11.8 Å². The summed E-state index contributed by atoms with van der Waals surface area (Å²) in [5.41, 5.74) is 2.01. The molecular weight excluding hydrogens is 426 g/mol. The molecule has 0 radical (unpaired) electrons. The van der Waals surface area contributed by atoms with Gasteiger partial charge in [-0.2, -0.15) is 0 Å². The molecule has 0 saturated carbocycles. The number of aromatic nitrogens is 5. The van der Waals surface area contributed by atoms with Gasteiger partial charge in [0.25, 0.3) is 5.91 Å². The molecule has 0 spiro atoms. The number of fused-ring (bicyclic) bond motifs is 1. The van der Waals surface area contributed by atoms with E-state index >= 15 is 0 Å². The molecule has 162 valence electrons. The molecule has 1 aliphatic rings. The zero-order valence-electron chi connectivity index (χ0n) is 17.5. The first-order chi connectivity index (χ1) is 15.6. The van der Waals surface area contributed by atoms with Gasteiger partial charge in [-0.25, -0.2) is 19.9 Å². The maximum absolute atomic E-state index is 13.6. The number of piperidine rings is 1. The van der Waals surface area contributed by atoms with E-state index in [9.17, 15) is 4.79 Å². The van der Waals surface area contributed by atoms with Crippen molar-refractivity contribution in [3.8, 4) is 11.4 Å². The number of rotatable bonds is 4. The summed E-state index contributed by atoms with van der Waals surface area (Å²) in [6, 6.07) is 9.43.